The lowest BCUT2D eigenvalue weighted by Crippen LogP contribution is -2.37. The van der Waals surface area contributed by atoms with Crippen LogP contribution in [0.25, 0.3) is 11.3 Å². The number of nitrogens with zero attached hydrogens (tertiary/aromatic N) is 3. The van der Waals surface area contributed by atoms with Gasteiger partial charge in [-0.25, -0.2) is 4.68 Å². The van der Waals surface area contributed by atoms with Gasteiger partial charge in [-0.1, -0.05) is 80.6 Å². The van der Waals surface area contributed by atoms with Crippen LogP contribution in [0, 0.1) is 5.92 Å². The zero-order valence-electron chi connectivity index (χ0n) is 23.3. The summed E-state index contributed by atoms with van der Waals surface area (Å²) in [6, 6.07) is 27.7. The van der Waals surface area contributed by atoms with Gasteiger partial charge < -0.3 is 19.3 Å². The van der Waals surface area contributed by atoms with Gasteiger partial charge in [-0.2, -0.15) is 5.10 Å². The smallest absolute Gasteiger partial charge is 0.222 e. The Labute approximate surface area is 231 Å². The van der Waals surface area contributed by atoms with Crippen molar-refractivity contribution in [1.29, 1.82) is 0 Å². The maximum Gasteiger partial charge on any atom is 0.222 e. The van der Waals surface area contributed by atoms with Gasteiger partial charge in [0.15, 0.2) is 0 Å². The average molecular weight is 530 g/mol. The highest BCUT2D eigenvalue weighted by molar-refractivity contribution is 5.65. The van der Waals surface area contributed by atoms with E-state index < -0.39 is 6.10 Å². The van der Waals surface area contributed by atoms with Crippen LogP contribution in [0.2, 0.25) is 0 Å². The number of benzene rings is 3. The van der Waals surface area contributed by atoms with Gasteiger partial charge in [-0.3, -0.25) is 4.90 Å². The average Bonchev–Trinajstić information content (AvgIpc) is 3.23. The van der Waals surface area contributed by atoms with Crippen molar-refractivity contribution >= 4 is 0 Å². The molecular formula is C32H39N3O4. The van der Waals surface area contributed by atoms with E-state index in [-0.39, 0.29) is 6.61 Å². The van der Waals surface area contributed by atoms with E-state index in [2.05, 4.69) is 30.9 Å². The summed E-state index contributed by atoms with van der Waals surface area (Å²) in [5.74, 6) is 2.45. The quantitative estimate of drug-likeness (QED) is 0.219. The van der Waals surface area contributed by atoms with Crippen molar-refractivity contribution in [3.63, 3.8) is 0 Å². The summed E-state index contributed by atoms with van der Waals surface area (Å²) in [5, 5.41) is 15.8. The zero-order chi connectivity index (χ0) is 27.6. The molecule has 0 aliphatic carbocycles. The number of aliphatic hydroxyl groups is 1. The molecule has 7 nitrogen and oxygen atoms in total. The Hall–Kier alpha value is -3.65. The highest BCUT2D eigenvalue weighted by Crippen LogP contribution is 2.35. The highest BCUT2D eigenvalue weighted by atomic mass is 16.5. The number of ether oxygens (including phenoxy) is 3. The monoisotopic (exact) mass is 529 g/mol. The minimum Gasteiger partial charge on any atom is -0.497 e. The van der Waals surface area contributed by atoms with Gasteiger partial charge in [-0.05, 0) is 23.6 Å². The van der Waals surface area contributed by atoms with Crippen LogP contribution in [0.5, 0.6) is 17.4 Å². The molecule has 0 fully saturated rings. The van der Waals surface area contributed by atoms with Crippen LogP contribution in [-0.2, 0) is 24.9 Å². The van der Waals surface area contributed by atoms with Crippen molar-refractivity contribution in [3.8, 4) is 28.6 Å². The Morgan fingerprint density at radius 1 is 0.897 bits per heavy atom. The lowest BCUT2D eigenvalue weighted by Gasteiger charge is -2.27. The van der Waals surface area contributed by atoms with Gasteiger partial charge in [0.25, 0.3) is 0 Å². The molecule has 7 heteroatoms. The molecule has 0 radical (unpaired) electrons. The molecule has 0 amide bonds. The number of rotatable bonds is 14. The third-order valence-corrected chi connectivity index (χ3v) is 6.29. The number of aryl methyl sites for hydroxylation is 1. The Balaban J connectivity index is 1.57. The standard InChI is InChI=1S/C32H39N3O4/c1-24(2)19-35(20-27(36)23-38-22-25-12-7-5-8-13-25)21-30-31(26-14-9-6-10-15-26)33-34(3)32(30)39-29-17-11-16-28(18-29)37-4/h5-18,24,27,36H,19-23H2,1-4H3. The number of hydrogen-bond acceptors (Lipinski definition) is 6. The van der Waals surface area contributed by atoms with Crippen molar-refractivity contribution in [2.24, 2.45) is 13.0 Å². The van der Waals surface area contributed by atoms with Crippen molar-refractivity contribution in [2.75, 3.05) is 26.8 Å². The normalized spacial score (nSPS) is 12.2. The number of methoxy groups -OCH3 is 1. The van der Waals surface area contributed by atoms with Crippen LogP contribution in [0.3, 0.4) is 0 Å². The maximum atomic E-state index is 10.9. The fraction of sp³-hybridized carbons (Fsp3) is 0.344. The molecule has 0 spiro atoms. The van der Waals surface area contributed by atoms with Gasteiger partial charge >= 0.3 is 0 Å². The third kappa shape index (κ3) is 8.17. The second-order valence-electron chi connectivity index (χ2n) is 10.1. The van der Waals surface area contributed by atoms with Crippen molar-refractivity contribution in [3.05, 3.63) is 96.1 Å². The molecule has 1 heterocycles. The first-order chi connectivity index (χ1) is 18.9. The number of hydrogen-bond donors (Lipinski definition) is 1. The van der Waals surface area contributed by atoms with E-state index in [0.29, 0.717) is 37.2 Å². The van der Waals surface area contributed by atoms with E-state index >= 15 is 0 Å². The van der Waals surface area contributed by atoms with Crippen LogP contribution < -0.4 is 9.47 Å². The third-order valence-electron chi connectivity index (χ3n) is 6.29. The van der Waals surface area contributed by atoms with E-state index in [1.165, 1.54) is 0 Å². The van der Waals surface area contributed by atoms with E-state index in [1.54, 1.807) is 11.8 Å². The van der Waals surface area contributed by atoms with E-state index in [1.807, 2.05) is 79.8 Å². The largest absolute Gasteiger partial charge is 0.497 e. The molecule has 4 aromatic rings. The van der Waals surface area contributed by atoms with Crippen LogP contribution in [0.4, 0.5) is 0 Å². The maximum absolute atomic E-state index is 10.9. The van der Waals surface area contributed by atoms with Crippen molar-refractivity contribution in [1.82, 2.24) is 14.7 Å². The first-order valence-electron chi connectivity index (χ1n) is 13.4. The van der Waals surface area contributed by atoms with Crippen molar-refractivity contribution < 1.29 is 19.3 Å². The molecule has 0 aliphatic rings. The predicted molar refractivity (Wildman–Crippen MR) is 154 cm³/mol. The molecule has 1 N–H and O–H groups in total. The summed E-state index contributed by atoms with van der Waals surface area (Å²) in [5.41, 5.74) is 3.93. The predicted octanol–water partition coefficient (Wildman–Crippen LogP) is 5.92. The zero-order valence-corrected chi connectivity index (χ0v) is 23.3. The van der Waals surface area contributed by atoms with E-state index in [9.17, 15) is 5.11 Å². The second-order valence-corrected chi connectivity index (χ2v) is 10.1. The van der Waals surface area contributed by atoms with Gasteiger partial charge in [0.1, 0.15) is 17.2 Å². The van der Waals surface area contributed by atoms with Crippen LogP contribution in [-0.4, -0.2) is 52.7 Å². The summed E-state index contributed by atoms with van der Waals surface area (Å²) in [4.78, 5) is 2.25. The molecule has 39 heavy (non-hydrogen) atoms. The molecule has 0 saturated heterocycles. The van der Waals surface area contributed by atoms with Gasteiger partial charge in [0, 0.05) is 38.3 Å². The fourth-order valence-electron chi connectivity index (χ4n) is 4.61. The molecule has 1 unspecified atom stereocenters. The SMILES string of the molecule is COc1cccc(Oc2c(CN(CC(C)C)CC(O)COCc3ccccc3)c(-c3ccccc3)nn2C)c1. The first-order valence-corrected chi connectivity index (χ1v) is 13.4. The lowest BCUT2D eigenvalue weighted by molar-refractivity contribution is 0.00671. The summed E-state index contributed by atoms with van der Waals surface area (Å²) < 4.78 is 19.4. The summed E-state index contributed by atoms with van der Waals surface area (Å²) in [6.07, 6.45) is -0.632. The van der Waals surface area contributed by atoms with Gasteiger partial charge in [-0.15, -0.1) is 0 Å². The minimum atomic E-state index is -0.632. The van der Waals surface area contributed by atoms with E-state index in [4.69, 9.17) is 19.3 Å². The molecule has 206 valence electrons. The molecular weight excluding hydrogens is 490 g/mol. The summed E-state index contributed by atoms with van der Waals surface area (Å²) in [7, 11) is 3.53. The Morgan fingerprint density at radius 3 is 2.28 bits per heavy atom. The molecule has 0 aliphatic heterocycles. The molecule has 1 atom stereocenters. The fourth-order valence-corrected chi connectivity index (χ4v) is 4.61. The summed E-state index contributed by atoms with van der Waals surface area (Å²) in [6.45, 7) is 6.93. The highest BCUT2D eigenvalue weighted by Gasteiger charge is 2.24. The van der Waals surface area contributed by atoms with Crippen LogP contribution >= 0.6 is 0 Å². The topological polar surface area (TPSA) is 69.0 Å². The number of aliphatic hydroxyl groups excluding tert-OH is 1. The Morgan fingerprint density at radius 2 is 1.59 bits per heavy atom. The molecule has 0 saturated carbocycles. The molecule has 0 bridgehead atoms. The first kappa shape index (κ1) is 28.4. The molecule has 1 aromatic heterocycles. The van der Waals surface area contributed by atoms with Crippen LogP contribution in [0.1, 0.15) is 25.0 Å². The minimum absolute atomic E-state index is 0.259. The van der Waals surface area contributed by atoms with Gasteiger partial charge in [0.05, 0.1) is 32.0 Å². The Kier molecular flexibility index (Phi) is 10.1. The Bertz CT molecular complexity index is 1290. The number of aromatic nitrogens is 2. The van der Waals surface area contributed by atoms with Crippen LogP contribution in [0.15, 0.2) is 84.9 Å². The van der Waals surface area contributed by atoms with E-state index in [0.717, 1.165) is 34.7 Å². The van der Waals surface area contributed by atoms with Crippen molar-refractivity contribution in [2.45, 2.75) is 33.1 Å². The molecule has 3 aromatic carbocycles. The lowest BCUT2D eigenvalue weighted by atomic mass is 10.1. The molecule has 4 rings (SSSR count). The van der Waals surface area contributed by atoms with Gasteiger partial charge in [0.2, 0.25) is 5.88 Å². The second kappa shape index (κ2) is 13.9. The summed E-state index contributed by atoms with van der Waals surface area (Å²) >= 11 is 0.